The van der Waals surface area contributed by atoms with Crippen molar-refractivity contribution >= 4 is 6.03 Å². The standard InChI is InChI=1S/C17H33N3O2/c1-15(20-10-4-3-5-11-20)6-9-18-17(21)19(2)14-16-7-12-22-13-8-16/h15-16H,3-14H2,1-2H3,(H,18,21)/t15-/m0/s1. The van der Waals surface area contributed by atoms with Crippen molar-refractivity contribution < 1.29 is 9.53 Å². The maximum absolute atomic E-state index is 12.1. The van der Waals surface area contributed by atoms with E-state index in [1.807, 2.05) is 11.9 Å². The maximum Gasteiger partial charge on any atom is 0.317 e. The summed E-state index contributed by atoms with van der Waals surface area (Å²) in [5, 5.41) is 3.07. The molecule has 2 aliphatic rings. The maximum atomic E-state index is 12.1. The number of nitrogens with zero attached hydrogens (tertiary/aromatic N) is 2. The third kappa shape index (κ3) is 5.76. The number of likely N-dealkylation sites (tertiary alicyclic amines) is 1. The third-order valence-electron chi connectivity index (χ3n) is 5.07. The predicted octanol–water partition coefficient (Wildman–Crippen LogP) is 2.32. The second-order valence-electron chi connectivity index (χ2n) is 6.90. The van der Waals surface area contributed by atoms with Crippen molar-refractivity contribution in [2.45, 2.75) is 51.5 Å². The van der Waals surface area contributed by atoms with E-state index in [1.165, 1.54) is 32.4 Å². The van der Waals surface area contributed by atoms with Crippen LogP contribution in [0.5, 0.6) is 0 Å². The minimum absolute atomic E-state index is 0.0670. The smallest absolute Gasteiger partial charge is 0.317 e. The summed E-state index contributed by atoms with van der Waals surface area (Å²) in [5.74, 6) is 0.594. The summed E-state index contributed by atoms with van der Waals surface area (Å²) in [4.78, 5) is 16.5. The van der Waals surface area contributed by atoms with Gasteiger partial charge in [-0.05, 0) is 58.0 Å². The third-order valence-corrected chi connectivity index (χ3v) is 5.07. The molecule has 1 N–H and O–H groups in total. The molecule has 0 aromatic heterocycles. The van der Waals surface area contributed by atoms with Crippen molar-refractivity contribution in [2.24, 2.45) is 5.92 Å². The molecule has 0 unspecified atom stereocenters. The van der Waals surface area contributed by atoms with Gasteiger partial charge >= 0.3 is 6.03 Å². The lowest BCUT2D eigenvalue weighted by atomic mass is 10.00. The highest BCUT2D eigenvalue weighted by Crippen LogP contribution is 2.16. The van der Waals surface area contributed by atoms with Crippen molar-refractivity contribution in [3.8, 4) is 0 Å². The highest BCUT2D eigenvalue weighted by atomic mass is 16.5. The Kier molecular flexibility index (Phi) is 7.46. The average Bonchev–Trinajstić information content (AvgIpc) is 2.56. The molecule has 0 bridgehead atoms. The van der Waals surface area contributed by atoms with E-state index in [0.717, 1.165) is 45.6 Å². The van der Waals surface area contributed by atoms with Crippen LogP contribution in [-0.4, -0.2) is 68.3 Å². The van der Waals surface area contributed by atoms with E-state index in [0.29, 0.717) is 12.0 Å². The lowest BCUT2D eigenvalue weighted by Crippen LogP contribution is -2.43. The Morgan fingerprint density at radius 1 is 1.27 bits per heavy atom. The van der Waals surface area contributed by atoms with Crippen molar-refractivity contribution in [1.82, 2.24) is 15.1 Å². The lowest BCUT2D eigenvalue weighted by molar-refractivity contribution is 0.0586. The summed E-state index contributed by atoms with van der Waals surface area (Å²) < 4.78 is 5.37. The Hall–Kier alpha value is -0.810. The SMILES string of the molecule is C[C@@H](CCNC(=O)N(C)CC1CCOCC1)N1CCCCC1. The number of ether oxygens (including phenoxy) is 1. The van der Waals surface area contributed by atoms with Crippen molar-refractivity contribution in [3.05, 3.63) is 0 Å². The van der Waals surface area contributed by atoms with Gasteiger partial charge in [-0.25, -0.2) is 4.79 Å². The molecule has 1 atom stereocenters. The highest BCUT2D eigenvalue weighted by molar-refractivity contribution is 5.73. The fourth-order valence-electron chi connectivity index (χ4n) is 3.46. The monoisotopic (exact) mass is 311 g/mol. The molecule has 2 saturated heterocycles. The van der Waals surface area contributed by atoms with Crippen molar-refractivity contribution in [2.75, 3.05) is 46.4 Å². The van der Waals surface area contributed by atoms with Crippen LogP contribution in [0, 0.1) is 5.92 Å². The van der Waals surface area contributed by atoms with E-state index in [-0.39, 0.29) is 6.03 Å². The molecule has 2 heterocycles. The number of nitrogens with one attached hydrogen (secondary N) is 1. The molecule has 0 aromatic carbocycles. The van der Waals surface area contributed by atoms with Crippen LogP contribution >= 0.6 is 0 Å². The summed E-state index contributed by atoms with van der Waals surface area (Å²) in [6.07, 6.45) is 7.20. The fourth-order valence-corrected chi connectivity index (χ4v) is 3.46. The van der Waals surface area contributed by atoms with Crippen LogP contribution in [0.4, 0.5) is 4.79 Å². The number of hydrogen-bond donors (Lipinski definition) is 1. The molecular formula is C17H33N3O2. The number of piperidine rings is 1. The van der Waals surface area contributed by atoms with Gasteiger partial charge < -0.3 is 19.9 Å². The predicted molar refractivity (Wildman–Crippen MR) is 89.1 cm³/mol. The van der Waals surface area contributed by atoms with Gasteiger partial charge in [0.2, 0.25) is 0 Å². The van der Waals surface area contributed by atoms with Gasteiger partial charge in [0.05, 0.1) is 0 Å². The first kappa shape index (κ1) is 17.5. The minimum Gasteiger partial charge on any atom is -0.381 e. The van der Waals surface area contributed by atoms with Gasteiger partial charge in [0, 0.05) is 39.4 Å². The van der Waals surface area contributed by atoms with Gasteiger partial charge in [-0.3, -0.25) is 0 Å². The molecule has 0 aliphatic carbocycles. The molecule has 2 fully saturated rings. The molecule has 128 valence electrons. The van der Waals surface area contributed by atoms with Crippen molar-refractivity contribution in [1.29, 1.82) is 0 Å². The summed E-state index contributed by atoms with van der Waals surface area (Å²) in [7, 11) is 1.90. The molecule has 0 spiro atoms. The second kappa shape index (κ2) is 9.36. The van der Waals surface area contributed by atoms with E-state index in [4.69, 9.17) is 4.74 Å². The van der Waals surface area contributed by atoms with E-state index >= 15 is 0 Å². The van der Waals surface area contributed by atoms with Crippen molar-refractivity contribution in [3.63, 3.8) is 0 Å². The van der Waals surface area contributed by atoms with Gasteiger partial charge in [0.25, 0.3) is 0 Å². The van der Waals surface area contributed by atoms with E-state index < -0.39 is 0 Å². The Morgan fingerprint density at radius 2 is 1.95 bits per heavy atom. The van der Waals surface area contributed by atoms with Crippen LogP contribution in [0.15, 0.2) is 0 Å². The molecular weight excluding hydrogens is 278 g/mol. The normalized spacial score (nSPS) is 22.3. The quantitative estimate of drug-likeness (QED) is 0.819. The Bertz CT molecular complexity index is 326. The molecule has 0 aromatic rings. The van der Waals surface area contributed by atoms with Crippen LogP contribution in [0.1, 0.15) is 45.4 Å². The van der Waals surface area contributed by atoms with Gasteiger partial charge in [-0.2, -0.15) is 0 Å². The van der Waals surface area contributed by atoms with Crippen LogP contribution in [0.2, 0.25) is 0 Å². The number of amides is 2. The molecule has 22 heavy (non-hydrogen) atoms. The molecule has 5 nitrogen and oxygen atoms in total. The average molecular weight is 311 g/mol. The molecule has 5 heteroatoms. The number of rotatable bonds is 6. The molecule has 2 aliphatic heterocycles. The highest BCUT2D eigenvalue weighted by Gasteiger charge is 2.19. The number of carbonyl (C=O) groups is 1. The van der Waals surface area contributed by atoms with Crippen LogP contribution in [0.3, 0.4) is 0 Å². The van der Waals surface area contributed by atoms with Crippen LogP contribution < -0.4 is 5.32 Å². The first-order valence-corrected chi connectivity index (χ1v) is 8.97. The number of hydrogen-bond acceptors (Lipinski definition) is 3. The topological polar surface area (TPSA) is 44.8 Å². The first-order chi connectivity index (χ1) is 10.7. The van der Waals surface area contributed by atoms with Crippen LogP contribution in [-0.2, 0) is 4.74 Å². The van der Waals surface area contributed by atoms with Gasteiger partial charge in [-0.1, -0.05) is 6.42 Å². The Balaban J connectivity index is 1.59. The zero-order chi connectivity index (χ0) is 15.8. The first-order valence-electron chi connectivity index (χ1n) is 8.97. The fraction of sp³-hybridized carbons (Fsp3) is 0.941. The van der Waals surface area contributed by atoms with Crippen LogP contribution in [0.25, 0.3) is 0 Å². The molecule has 0 radical (unpaired) electrons. The van der Waals surface area contributed by atoms with Gasteiger partial charge in [0.1, 0.15) is 0 Å². The summed E-state index contributed by atoms with van der Waals surface area (Å²) in [6.45, 7) is 8.02. The van der Waals surface area contributed by atoms with E-state index in [2.05, 4.69) is 17.1 Å². The number of urea groups is 1. The van der Waals surface area contributed by atoms with E-state index in [1.54, 1.807) is 0 Å². The molecule has 2 amide bonds. The Morgan fingerprint density at radius 3 is 2.64 bits per heavy atom. The molecule has 0 saturated carbocycles. The molecule has 2 rings (SSSR count). The van der Waals surface area contributed by atoms with Gasteiger partial charge in [-0.15, -0.1) is 0 Å². The lowest BCUT2D eigenvalue weighted by Gasteiger charge is -2.32. The summed E-state index contributed by atoms with van der Waals surface area (Å²) in [5.41, 5.74) is 0. The van der Waals surface area contributed by atoms with E-state index in [9.17, 15) is 4.79 Å². The zero-order valence-electron chi connectivity index (χ0n) is 14.4. The van der Waals surface area contributed by atoms with Gasteiger partial charge in [0.15, 0.2) is 0 Å². The minimum atomic E-state index is 0.0670. The summed E-state index contributed by atoms with van der Waals surface area (Å²) in [6, 6.07) is 0.638. The summed E-state index contributed by atoms with van der Waals surface area (Å²) >= 11 is 0. The second-order valence-corrected chi connectivity index (χ2v) is 6.90. The number of carbonyl (C=O) groups excluding carboxylic acids is 1. The Labute approximate surface area is 135 Å². The largest absolute Gasteiger partial charge is 0.381 e. The zero-order valence-corrected chi connectivity index (χ0v) is 14.4.